The van der Waals surface area contributed by atoms with Crippen LogP contribution < -0.4 is 5.73 Å². The van der Waals surface area contributed by atoms with Crippen molar-refractivity contribution in [1.82, 2.24) is 0 Å². The van der Waals surface area contributed by atoms with E-state index >= 15 is 0 Å². The topological polar surface area (TPSA) is 38.4 Å². The summed E-state index contributed by atoms with van der Waals surface area (Å²) in [5, 5.41) is 0. The quantitative estimate of drug-likeness (QED) is 0.401. The average molecular weight is 395 g/mol. The van der Waals surface area contributed by atoms with Crippen molar-refractivity contribution < 1.29 is 0 Å². The number of hydrogen-bond donors (Lipinski definition) is 1. The Morgan fingerprint density at radius 2 is 1.50 bits per heavy atom. The summed E-state index contributed by atoms with van der Waals surface area (Å²) in [6.07, 6.45) is 11.0. The van der Waals surface area contributed by atoms with E-state index in [1.807, 2.05) is 0 Å². The van der Waals surface area contributed by atoms with Gasteiger partial charge in [-0.15, -0.1) is 0 Å². The molecule has 3 aromatic rings. The molecule has 0 bridgehead atoms. The molecule has 2 nitrogen and oxygen atoms in total. The van der Waals surface area contributed by atoms with Gasteiger partial charge in [0.05, 0.1) is 0 Å². The van der Waals surface area contributed by atoms with Crippen molar-refractivity contribution in [2.75, 3.05) is 6.54 Å². The van der Waals surface area contributed by atoms with Crippen molar-refractivity contribution in [3.8, 4) is 0 Å². The van der Waals surface area contributed by atoms with Crippen LogP contribution in [-0.2, 0) is 25.7 Å². The molecule has 30 heavy (non-hydrogen) atoms. The number of amidine groups is 1. The Morgan fingerprint density at radius 1 is 0.800 bits per heavy atom. The molecule has 0 fully saturated rings. The Balaban J connectivity index is 1.31. The van der Waals surface area contributed by atoms with E-state index in [4.69, 9.17) is 5.73 Å². The number of aliphatic imine (C=N–C) groups is 1. The van der Waals surface area contributed by atoms with Crippen LogP contribution in [0.3, 0.4) is 0 Å². The van der Waals surface area contributed by atoms with Crippen molar-refractivity contribution >= 4 is 11.9 Å². The monoisotopic (exact) mass is 394 g/mol. The van der Waals surface area contributed by atoms with Gasteiger partial charge in [-0.05, 0) is 72.4 Å². The number of rotatable bonds is 7. The lowest BCUT2D eigenvalue weighted by Gasteiger charge is -2.08. The minimum Gasteiger partial charge on any atom is -0.384 e. The van der Waals surface area contributed by atoms with Crippen LogP contribution in [0.5, 0.6) is 0 Å². The van der Waals surface area contributed by atoms with Gasteiger partial charge in [0.25, 0.3) is 0 Å². The minimum atomic E-state index is 0.634. The number of nitrogens with two attached hydrogens (primary N) is 1. The van der Waals surface area contributed by atoms with E-state index < -0.39 is 0 Å². The third-order valence-electron chi connectivity index (χ3n) is 5.81. The van der Waals surface area contributed by atoms with Crippen LogP contribution in [0.2, 0.25) is 0 Å². The van der Waals surface area contributed by atoms with Gasteiger partial charge in [-0.2, -0.15) is 0 Å². The van der Waals surface area contributed by atoms with E-state index in [-0.39, 0.29) is 0 Å². The largest absolute Gasteiger partial charge is 0.384 e. The highest BCUT2D eigenvalue weighted by molar-refractivity contribution is 5.98. The summed E-state index contributed by atoms with van der Waals surface area (Å²) in [6, 6.07) is 26.1. The van der Waals surface area contributed by atoms with Gasteiger partial charge < -0.3 is 5.73 Å². The second-order valence-electron chi connectivity index (χ2n) is 8.03. The van der Waals surface area contributed by atoms with Crippen molar-refractivity contribution in [1.29, 1.82) is 0 Å². The summed E-state index contributed by atoms with van der Waals surface area (Å²) in [5.74, 6) is 0.634. The second-order valence-corrected chi connectivity index (χ2v) is 8.03. The Kier molecular flexibility index (Phi) is 6.76. The van der Waals surface area contributed by atoms with Gasteiger partial charge in [-0.3, -0.25) is 4.99 Å². The molecule has 2 heteroatoms. The molecule has 1 aliphatic rings. The van der Waals surface area contributed by atoms with Crippen LogP contribution in [0.15, 0.2) is 83.9 Å². The highest BCUT2D eigenvalue weighted by Crippen LogP contribution is 2.20. The maximum Gasteiger partial charge on any atom is 0.125 e. The zero-order valence-corrected chi connectivity index (χ0v) is 17.6. The molecule has 0 saturated carbocycles. The first kappa shape index (κ1) is 20.2. The Bertz CT molecular complexity index is 1010. The molecule has 0 saturated heterocycles. The summed E-state index contributed by atoms with van der Waals surface area (Å²) in [4.78, 5) is 4.63. The third-order valence-corrected chi connectivity index (χ3v) is 5.81. The molecule has 0 atom stereocenters. The highest BCUT2D eigenvalue weighted by atomic mass is 14.8. The van der Waals surface area contributed by atoms with E-state index in [9.17, 15) is 0 Å². The zero-order chi connectivity index (χ0) is 20.6. The lowest BCUT2D eigenvalue weighted by atomic mass is 10.0. The Hall–Kier alpha value is -3.13. The molecule has 4 rings (SSSR count). The molecule has 0 unspecified atom stereocenters. The van der Waals surface area contributed by atoms with Gasteiger partial charge in [-0.25, -0.2) is 0 Å². The highest BCUT2D eigenvalue weighted by Gasteiger charge is 2.06. The van der Waals surface area contributed by atoms with E-state index in [1.54, 1.807) is 0 Å². The van der Waals surface area contributed by atoms with Gasteiger partial charge in [0.15, 0.2) is 0 Å². The molecule has 152 valence electrons. The van der Waals surface area contributed by atoms with E-state index in [2.05, 4.69) is 89.9 Å². The number of hydrogen-bond acceptors (Lipinski definition) is 1. The summed E-state index contributed by atoms with van der Waals surface area (Å²) in [7, 11) is 0. The molecule has 3 aromatic carbocycles. The third kappa shape index (κ3) is 5.48. The maximum atomic E-state index is 6.28. The van der Waals surface area contributed by atoms with Crippen LogP contribution in [0.4, 0.5) is 0 Å². The SMILES string of the molecule is NC(=NCCc1ccc(CCc2ccccc2)cc1)c1ccc2c(c1)C=CCCC2. The molecule has 0 aromatic heterocycles. The predicted molar refractivity (Wildman–Crippen MR) is 128 cm³/mol. The van der Waals surface area contributed by atoms with Crippen molar-refractivity contribution in [3.05, 3.63) is 112 Å². The summed E-state index contributed by atoms with van der Waals surface area (Å²) in [5.41, 5.74) is 14.1. The van der Waals surface area contributed by atoms with Gasteiger partial charge >= 0.3 is 0 Å². The second kappa shape index (κ2) is 10.1. The summed E-state index contributed by atoms with van der Waals surface area (Å²) >= 11 is 0. The maximum absolute atomic E-state index is 6.28. The Morgan fingerprint density at radius 3 is 2.27 bits per heavy atom. The first-order valence-corrected chi connectivity index (χ1v) is 11.0. The fourth-order valence-electron chi connectivity index (χ4n) is 3.96. The van der Waals surface area contributed by atoms with Crippen LogP contribution in [0.1, 0.15) is 46.2 Å². The predicted octanol–water partition coefficient (Wildman–Crippen LogP) is 5.77. The van der Waals surface area contributed by atoms with Gasteiger partial charge in [-0.1, -0.05) is 78.9 Å². The molecular formula is C28H30N2. The number of fused-ring (bicyclic) bond motifs is 1. The molecule has 2 N–H and O–H groups in total. The van der Waals surface area contributed by atoms with Gasteiger partial charge in [0.1, 0.15) is 5.84 Å². The first-order chi connectivity index (χ1) is 14.8. The normalized spacial score (nSPS) is 13.7. The number of nitrogens with zero attached hydrogens (tertiary/aromatic N) is 1. The average Bonchev–Trinajstić information content (AvgIpc) is 3.04. The van der Waals surface area contributed by atoms with Crippen molar-refractivity contribution in [3.63, 3.8) is 0 Å². The summed E-state index contributed by atoms with van der Waals surface area (Å²) < 4.78 is 0. The molecule has 0 aliphatic heterocycles. The van der Waals surface area contributed by atoms with Crippen molar-refractivity contribution in [2.24, 2.45) is 10.7 Å². The lowest BCUT2D eigenvalue weighted by molar-refractivity contribution is 0.851. The molecule has 0 heterocycles. The Labute approximate surface area is 180 Å². The molecule has 0 amide bonds. The molecular weight excluding hydrogens is 364 g/mol. The fourth-order valence-corrected chi connectivity index (χ4v) is 3.96. The van der Waals surface area contributed by atoms with Gasteiger partial charge in [0, 0.05) is 12.1 Å². The number of aryl methyl sites for hydroxylation is 3. The van der Waals surface area contributed by atoms with Gasteiger partial charge in [0.2, 0.25) is 0 Å². The standard InChI is InChI=1S/C28H30N2/c29-28(27-18-17-25-9-5-2-6-10-26(25)21-27)30-20-19-24-15-13-23(14-16-24)12-11-22-7-3-1-4-8-22/h1,3-4,6-8,10,13-18,21H,2,5,9,11-12,19-20H2,(H2,29,30). The lowest BCUT2D eigenvalue weighted by Crippen LogP contribution is -2.15. The van der Waals surface area contributed by atoms with Crippen molar-refractivity contribution in [2.45, 2.75) is 38.5 Å². The van der Waals surface area contributed by atoms with Crippen LogP contribution in [-0.4, -0.2) is 12.4 Å². The number of allylic oxidation sites excluding steroid dienone is 1. The zero-order valence-electron chi connectivity index (χ0n) is 17.6. The van der Waals surface area contributed by atoms with Crippen LogP contribution in [0, 0.1) is 0 Å². The molecule has 0 radical (unpaired) electrons. The van der Waals surface area contributed by atoms with E-state index in [0.29, 0.717) is 12.4 Å². The van der Waals surface area contributed by atoms with Crippen LogP contribution >= 0.6 is 0 Å². The number of benzene rings is 3. The smallest absolute Gasteiger partial charge is 0.125 e. The fraction of sp³-hybridized carbons (Fsp3) is 0.250. The van der Waals surface area contributed by atoms with Crippen LogP contribution in [0.25, 0.3) is 6.08 Å². The first-order valence-electron chi connectivity index (χ1n) is 11.0. The summed E-state index contributed by atoms with van der Waals surface area (Å²) in [6.45, 7) is 0.710. The molecule has 1 aliphatic carbocycles. The minimum absolute atomic E-state index is 0.634. The van der Waals surface area contributed by atoms with E-state index in [1.165, 1.54) is 34.2 Å². The van der Waals surface area contributed by atoms with E-state index in [0.717, 1.165) is 37.7 Å². The molecule has 0 spiro atoms.